The van der Waals surface area contributed by atoms with Crippen molar-refractivity contribution in [2.75, 3.05) is 20.7 Å². The summed E-state index contributed by atoms with van der Waals surface area (Å²) in [6.07, 6.45) is 0.957. The zero-order valence-electron chi connectivity index (χ0n) is 20.1. The molecule has 4 aromatic carbocycles. The Morgan fingerprint density at radius 1 is 0.771 bits per heavy atom. The van der Waals surface area contributed by atoms with Gasteiger partial charge >= 0.3 is 0 Å². The van der Waals surface area contributed by atoms with Gasteiger partial charge in [-0.3, -0.25) is 9.59 Å². The zero-order valence-corrected chi connectivity index (χ0v) is 20.1. The highest BCUT2D eigenvalue weighted by Crippen LogP contribution is 2.29. The van der Waals surface area contributed by atoms with Crippen molar-refractivity contribution in [1.29, 1.82) is 0 Å². The number of nitrogens with zero attached hydrogens (tertiary/aromatic N) is 1. The third-order valence-corrected chi connectivity index (χ3v) is 6.01. The number of rotatable bonds is 9. The van der Waals surface area contributed by atoms with E-state index < -0.39 is 0 Å². The largest absolute Gasteiger partial charge is 0.483 e. The summed E-state index contributed by atoms with van der Waals surface area (Å²) in [6, 6.07) is 31.6. The summed E-state index contributed by atoms with van der Waals surface area (Å²) in [5.74, 6) is 0.558. The van der Waals surface area contributed by atoms with Gasteiger partial charge in [0, 0.05) is 25.9 Å². The Bertz CT molecular complexity index is 1250. The average molecular weight is 467 g/mol. The number of hydrogen-bond donors (Lipinski definition) is 1. The summed E-state index contributed by atoms with van der Waals surface area (Å²) >= 11 is 0. The van der Waals surface area contributed by atoms with Gasteiger partial charge in [-0.1, -0.05) is 91.0 Å². The summed E-state index contributed by atoms with van der Waals surface area (Å²) in [6.45, 7) is -0.0148. The van der Waals surface area contributed by atoms with Crippen molar-refractivity contribution < 1.29 is 14.3 Å². The van der Waals surface area contributed by atoms with E-state index in [0.717, 1.165) is 27.5 Å². The van der Waals surface area contributed by atoms with Crippen LogP contribution >= 0.6 is 0 Å². The molecule has 4 rings (SSSR count). The number of fused-ring (bicyclic) bond motifs is 1. The van der Waals surface area contributed by atoms with Gasteiger partial charge in [0.25, 0.3) is 5.91 Å². The van der Waals surface area contributed by atoms with E-state index in [0.29, 0.717) is 18.6 Å². The van der Waals surface area contributed by atoms with Gasteiger partial charge in [-0.15, -0.1) is 0 Å². The molecule has 0 bridgehead atoms. The van der Waals surface area contributed by atoms with E-state index in [1.165, 1.54) is 4.90 Å². The second-order valence-corrected chi connectivity index (χ2v) is 8.67. The number of aryl methyl sites for hydroxylation is 1. The Hall–Kier alpha value is -4.12. The molecular formula is C30H30N2O3. The molecule has 0 unspecified atom stereocenters. The maximum absolute atomic E-state index is 13.0. The second-order valence-electron chi connectivity index (χ2n) is 8.67. The van der Waals surface area contributed by atoms with Crippen LogP contribution < -0.4 is 10.1 Å². The number of amides is 2. The van der Waals surface area contributed by atoms with Gasteiger partial charge in [0.2, 0.25) is 5.91 Å². The minimum Gasteiger partial charge on any atom is -0.483 e. The molecule has 0 aliphatic heterocycles. The third-order valence-electron chi connectivity index (χ3n) is 6.01. The molecule has 4 aromatic rings. The Kier molecular flexibility index (Phi) is 7.78. The van der Waals surface area contributed by atoms with Crippen molar-refractivity contribution in [3.05, 3.63) is 114 Å². The number of nitrogens with one attached hydrogen (secondary N) is 1. The van der Waals surface area contributed by atoms with E-state index in [1.54, 1.807) is 14.1 Å². The van der Waals surface area contributed by atoms with Gasteiger partial charge in [0.15, 0.2) is 6.61 Å². The third kappa shape index (κ3) is 6.07. The summed E-state index contributed by atoms with van der Waals surface area (Å²) in [5.41, 5.74) is 3.16. The normalized spacial score (nSPS) is 10.8. The van der Waals surface area contributed by atoms with E-state index in [-0.39, 0.29) is 24.5 Å². The summed E-state index contributed by atoms with van der Waals surface area (Å²) < 4.78 is 5.80. The lowest BCUT2D eigenvalue weighted by atomic mass is 9.97. The van der Waals surface area contributed by atoms with E-state index in [2.05, 4.69) is 5.32 Å². The van der Waals surface area contributed by atoms with Crippen LogP contribution in [0.2, 0.25) is 0 Å². The lowest BCUT2D eigenvalue weighted by Crippen LogP contribution is -2.29. The topological polar surface area (TPSA) is 58.6 Å². The fourth-order valence-electron chi connectivity index (χ4n) is 4.09. The standard InChI is InChI=1S/C30H30N2O3/c1-32(2)29(34)21-35-27-18-10-16-25-22(15-9-17-26(25)27)19-20-28(33)31-30(23-11-5-3-6-12-23)24-13-7-4-8-14-24/h3-18,30H,19-21H2,1-2H3,(H,31,33). The number of hydrogen-bond acceptors (Lipinski definition) is 3. The van der Waals surface area contributed by atoms with Crippen molar-refractivity contribution in [1.82, 2.24) is 10.2 Å². The van der Waals surface area contributed by atoms with Crippen LogP contribution in [0.4, 0.5) is 0 Å². The Balaban J connectivity index is 1.48. The lowest BCUT2D eigenvalue weighted by molar-refractivity contribution is -0.130. The van der Waals surface area contributed by atoms with Crippen LogP contribution in [-0.4, -0.2) is 37.4 Å². The van der Waals surface area contributed by atoms with Crippen molar-refractivity contribution in [2.24, 2.45) is 0 Å². The number of carbonyl (C=O) groups excluding carboxylic acids is 2. The molecule has 35 heavy (non-hydrogen) atoms. The van der Waals surface area contributed by atoms with E-state index >= 15 is 0 Å². The molecule has 0 fully saturated rings. The smallest absolute Gasteiger partial charge is 0.259 e. The van der Waals surface area contributed by atoms with E-state index in [4.69, 9.17) is 4.74 Å². The molecule has 5 nitrogen and oxygen atoms in total. The molecule has 0 spiro atoms. The van der Waals surface area contributed by atoms with Crippen molar-refractivity contribution in [3.8, 4) is 5.75 Å². The molecule has 5 heteroatoms. The van der Waals surface area contributed by atoms with E-state index in [9.17, 15) is 9.59 Å². The molecule has 0 saturated carbocycles. The first-order chi connectivity index (χ1) is 17.0. The molecule has 0 heterocycles. The quantitative estimate of drug-likeness (QED) is 0.371. The summed E-state index contributed by atoms with van der Waals surface area (Å²) in [4.78, 5) is 26.5. The minimum absolute atomic E-state index is 0.0105. The minimum atomic E-state index is -0.202. The van der Waals surface area contributed by atoms with Crippen molar-refractivity contribution in [2.45, 2.75) is 18.9 Å². The van der Waals surface area contributed by atoms with Crippen LogP contribution in [0.1, 0.15) is 29.2 Å². The predicted octanol–water partition coefficient (Wildman–Crippen LogP) is 5.15. The number of carbonyl (C=O) groups is 2. The average Bonchev–Trinajstić information content (AvgIpc) is 2.90. The molecule has 178 valence electrons. The highest BCUT2D eigenvalue weighted by atomic mass is 16.5. The molecule has 0 radical (unpaired) electrons. The molecule has 0 saturated heterocycles. The molecule has 0 aliphatic rings. The molecule has 0 aliphatic carbocycles. The van der Waals surface area contributed by atoms with Gasteiger partial charge in [-0.05, 0) is 34.6 Å². The van der Waals surface area contributed by atoms with Crippen LogP contribution in [0.3, 0.4) is 0 Å². The Morgan fingerprint density at radius 3 is 2.00 bits per heavy atom. The first kappa shape index (κ1) is 24.0. The summed E-state index contributed by atoms with van der Waals surface area (Å²) in [5, 5.41) is 5.18. The summed E-state index contributed by atoms with van der Waals surface area (Å²) in [7, 11) is 3.41. The number of likely N-dealkylation sites (N-methyl/N-ethyl adjacent to an activating group) is 1. The van der Waals surface area contributed by atoms with Gasteiger partial charge in [0.1, 0.15) is 5.75 Å². The van der Waals surface area contributed by atoms with Crippen LogP contribution in [0, 0.1) is 0 Å². The van der Waals surface area contributed by atoms with Gasteiger partial charge < -0.3 is 15.0 Å². The first-order valence-electron chi connectivity index (χ1n) is 11.8. The van der Waals surface area contributed by atoms with Crippen LogP contribution in [0.25, 0.3) is 10.8 Å². The first-order valence-corrected chi connectivity index (χ1v) is 11.8. The number of ether oxygens (including phenoxy) is 1. The highest BCUT2D eigenvalue weighted by molar-refractivity contribution is 5.91. The molecular weight excluding hydrogens is 436 g/mol. The SMILES string of the molecule is CN(C)C(=O)COc1cccc2c(CCC(=O)NC(c3ccccc3)c3ccccc3)cccc12. The lowest BCUT2D eigenvalue weighted by Gasteiger charge is -2.20. The number of benzene rings is 4. The van der Waals surface area contributed by atoms with Crippen LogP contribution in [0.5, 0.6) is 5.75 Å². The fourth-order valence-corrected chi connectivity index (χ4v) is 4.09. The van der Waals surface area contributed by atoms with Crippen molar-refractivity contribution >= 4 is 22.6 Å². The van der Waals surface area contributed by atoms with Gasteiger partial charge in [-0.2, -0.15) is 0 Å². The maximum Gasteiger partial charge on any atom is 0.259 e. The van der Waals surface area contributed by atoms with Gasteiger partial charge in [0.05, 0.1) is 6.04 Å². The van der Waals surface area contributed by atoms with E-state index in [1.807, 2.05) is 97.1 Å². The van der Waals surface area contributed by atoms with Gasteiger partial charge in [-0.25, -0.2) is 0 Å². The second kappa shape index (κ2) is 11.3. The molecule has 0 atom stereocenters. The predicted molar refractivity (Wildman–Crippen MR) is 139 cm³/mol. The molecule has 1 N–H and O–H groups in total. The highest BCUT2D eigenvalue weighted by Gasteiger charge is 2.17. The fraction of sp³-hybridized carbons (Fsp3) is 0.200. The Labute approximate surface area is 206 Å². The van der Waals surface area contributed by atoms with Crippen LogP contribution in [0.15, 0.2) is 97.1 Å². The molecule has 2 amide bonds. The zero-order chi connectivity index (χ0) is 24.6. The molecule has 0 aromatic heterocycles. The Morgan fingerprint density at radius 2 is 1.37 bits per heavy atom. The monoisotopic (exact) mass is 466 g/mol. The van der Waals surface area contributed by atoms with Crippen molar-refractivity contribution in [3.63, 3.8) is 0 Å². The van der Waals surface area contributed by atoms with Crippen LogP contribution in [-0.2, 0) is 16.0 Å². The maximum atomic E-state index is 13.0.